The molecule has 1 nitrogen and oxygen atoms in total. The standard InChI is InChI=1S/C19H21FO/c1-14-7-8-17(13-18(14)20)19(21)11-9-16(10-12-19)15-5-3-2-4-6-15/h2-8,13,16,21H,9-12H2,1H3. The Labute approximate surface area is 125 Å². The van der Waals surface area contributed by atoms with Gasteiger partial charge in [0.1, 0.15) is 5.82 Å². The van der Waals surface area contributed by atoms with Crippen molar-refractivity contribution in [2.45, 2.75) is 44.1 Å². The van der Waals surface area contributed by atoms with Crippen LogP contribution in [0.15, 0.2) is 48.5 Å². The second-order valence-corrected chi connectivity index (χ2v) is 6.18. The monoisotopic (exact) mass is 284 g/mol. The van der Waals surface area contributed by atoms with Crippen LogP contribution in [-0.2, 0) is 5.60 Å². The van der Waals surface area contributed by atoms with Gasteiger partial charge >= 0.3 is 0 Å². The predicted octanol–water partition coefficient (Wildman–Crippen LogP) is 4.68. The highest BCUT2D eigenvalue weighted by atomic mass is 19.1. The van der Waals surface area contributed by atoms with E-state index in [9.17, 15) is 9.50 Å². The van der Waals surface area contributed by atoms with E-state index >= 15 is 0 Å². The molecule has 0 aliphatic heterocycles. The minimum absolute atomic E-state index is 0.230. The van der Waals surface area contributed by atoms with Crippen LogP contribution in [0.1, 0.15) is 48.3 Å². The molecule has 21 heavy (non-hydrogen) atoms. The van der Waals surface area contributed by atoms with E-state index < -0.39 is 5.60 Å². The average Bonchev–Trinajstić information content (AvgIpc) is 2.51. The Hall–Kier alpha value is -1.67. The lowest BCUT2D eigenvalue weighted by Crippen LogP contribution is -2.31. The van der Waals surface area contributed by atoms with Crippen LogP contribution in [0.2, 0.25) is 0 Å². The van der Waals surface area contributed by atoms with Crippen LogP contribution < -0.4 is 0 Å². The highest BCUT2D eigenvalue weighted by Gasteiger charge is 2.35. The Morgan fingerprint density at radius 2 is 1.71 bits per heavy atom. The highest BCUT2D eigenvalue weighted by Crippen LogP contribution is 2.43. The summed E-state index contributed by atoms with van der Waals surface area (Å²) in [6.45, 7) is 1.75. The molecule has 110 valence electrons. The van der Waals surface area contributed by atoms with Gasteiger partial charge in [-0.05, 0) is 61.3 Å². The second kappa shape index (κ2) is 5.61. The Kier molecular flexibility index (Phi) is 3.81. The lowest BCUT2D eigenvalue weighted by molar-refractivity contribution is -0.00592. The first-order valence-corrected chi connectivity index (χ1v) is 7.62. The summed E-state index contributed by atoms with van der Waals surface area (Å²) in [7, 11) is 0. The minimum atomic E-state index is -0.875. The quantitative estimate of drug-likeness (QED) is 0.849. The fourth-order valence-electron chi connectivity index (χ4n) is 3.32. The summed E-state index contributed by atoms with van der Waals surface area (Å²) in [4.78, 5) is 0. The second-order valence-electron chi connectivity index (χ2n) is 6.18. The molecule has 1 fully saturated rings. The Morgan fingerprint density at radius 1 is 1.05 bits per heavy atom. The topological polar surface area (TPSA) is 20.2 Å². The first kappa shape index (κ1) is 14.3. The van der Waals surface area contributed by atoms with Gasteiger partial charge in [0, 0.05) is 0 Å². The fraction of sp³-hybridized carbons (Fsp3) is 0.368. The summed E-state index contributed by atoms with van der Waals surface area (Å²) in [6, 6.07) is 15.6. The minimum Gasteiger partial charge on any atom is -0.385 e. The zero-order chi connectivity index (χ0) is 14.9. The van der Waals surface area contributed by atoms with Crippen LogP contribution in [0.4, 0.5) is 4.39 Å². The van der Waals surface area contributed by atoms with Crippen molar-refractivity contribution in [1.82, 2.24) is 0 Å². The van der Waals surface area contributed by atoms with Gasteiger partial charge < -0.3 is 5.11 Å². The van der Waals surface area contributed by atoms with Crippen LogP contribution in [0.25, 0.3) is 0 Å². The van der Waals surface area contributed by atoms with Gasteiger partial charge in [-0.15, -0.1) is 0 Å². The zero-order valence-corrected chi connectivity index (χ0v) is 12.3. The van der Waals surface area contributed by atoms with E-state index in [0.29, 0.717) is 24.3 Å². The van der Waals surface area contributed by atoms with E-state index in [2.05, 4.69) is 24.3 Å². The van der Waals surface area contributed by atoms with Crippen LogP contribution in [0.3, 0.4) is 0 Å². The third-order valence-corrected chi connectivity index (χ3v) is 4.79. The molecular weight excluding hydrogens is 263 g/mol. The maximum Gasteiger partial charge on any atom is 0.126 e. The molecular formula is C19H21FO. The molecule has 0 atom stereocenters. The van der Waals surface area contributed by atoms with Gasteiger partial charge in [-0.2, -0.15) is 0 Å². The molecule has 0 saturated heterocycles. The van der Waals surface area contributed by atoms with Gasteiger partial charge in [-0.1, -0.05) is 42.5 Å². The fourth-order valence-corrected chi connectivity index (χ4v) is 3.32. The summed E-state index contributed by atoms with van der Waals surface area (Å²) in [5.74, 6) is 0.271. The summed E-state index contributed by atoms with van der Waals surface area (Å²) in [5, 5.41) is 10.9. The smallest absolute Gasteiger partial charge is 0.126 e. The molecule has 1 saturated carbocycles. The largest absolute Gasteiger partial charge is 0.385 e. The number of hydrogen-bond acceptors (Lipinski definition) is 1. The molecule has 1 N–H and O–H groups in total. The van der Waals surface area contributed by atoms with Crippen LogP contribution in [0, 0.1) is 12.7 Å². The summed E-state index contributed by atoms with van der Waals surface area (Å²) >= 11 is 0. The van der Waals surface area contributed by atoms with Crippen molar-refractivity contribution < 1.29 is 9.50 Å². The average molecular weight is 284 g/mol. The molecule has 0 unspecified atom stereocenters. The van der Waals surface area contributed by atoms with Gasteiger partial charge in [0.2, 0.25) is 0 Å². The lowest BCUT2D eigenvalue weighted by Gasteiger charge is -2.36. The first-order valence-electron chi connectivity index (χ1n) is 7.62. The summed E-state index contributed by atoms with van der Waals surface area (Å²) < 4.78 is 13.7. The van der Waals surface area contributed by atoms with Gasteiger partial charge in [-0.3, -0.25) is 0 Å². The lowest BCUT2D eigenvalue weighted by atomic mass is 9.73. The molecule has 2 aromatic carbocycles. The van der Waals surface area contributed by atoms with Crippen LogP contribution in [0.5, 0.6) is 0 Å². The molecule has 0 radical (unpaired) electrons. The molecule has 3 rings (SSSR count). The van der Waals surface area contributed by atoms with E-state index in [4.69, 9.17) is 0 Å². The molecule has 0 aromatic heterocycles. The normalized spacial score (nSPS) is 25.8. The molecule has 2 aromatic rings. The van der Waals surface area contributed by atoms with Crippen molar-refractivity contribution >= 4 is 0 Å². The van der Waals surface area contributed by atoms with Gasteiger partial charge in [0.25, 0.3) is 0 Å². The maximum atomic E-state index is 13.7. The van der Waals surface area contributed by atoms with E-state index in [1.807, 2.05) is 12.1 Å². The highest BCUT2D eigenvalue weighted by molar-refractivity contribution is 5.29. The molecule has 0 heterocycles. The van der Waals surface area contributed by atoms with Crippen molar-refractivity contribution in [3.63, 3.8) is 0 Å². The SMILES string of the molecule is Cc1ccc(C2(O)CCC(c3ccccc3)CC2)cc1F. The Morgan fingerprint density at radius 3 is 2.33 bits per heavy atom. The third kappa shape index (κ3) is 2.86. The number of hydrogen-bond donors (Lipinski definition) is 1. The predicted molar refractivity (Wildman–Crippen MR) is 82.7 cm³/mol. The van der Waals surface area contributed by atoms with Crippen molar-refractivity contribution in [2.24, 2.45) is 0 Å². The molecule has 0 bridgehead atoms. The van der Waals surface area contributed by atoms with E-state index in [1.165, 1.54) is 11.6 Å². The number of rotatable bonds is 2. The molecule has 0 amide bonds. The van der Waals surface area contributed by atoms with Crippen molar-refractivity contribution in [1.29, 1.82) is 0 Å². The van der Waals surface area contributed by atoms with Crippen LogP contribution in [-0.4, -0.2) is 5.11 Å². The molecule has 2 heteroatoms. The Bertz CT molecular complexity index is 613. The van der Waals surface area contributed by atoms with Crippen molar-refractivity contribution in [2.75, 3.05) is 0 Å². The van der Waals surface area contributed by atoms with E-state index in [1.54, 1.807) is 13.0 Å². The van der Waals surface area contributed by atoms with Crippen LogP contribution >= 0.6 is 0 Å². The zero-order valence-electron chi connectivity index (χ0n) is 12.3. The molecule has 1 aliphatic rings. The van der Waals surface area contributed by atoms with Crippen molar-refractivity contribution in [3.8, 4) is 0 Å². The number of aliphatic hydroxyl groups is 1. The third-order valence-electron chi connectivity index (χ3n) is 4.79. The molecule has 1 aliphatic carbocycles. The molecule has 0 spiro atoms. The maximum absolute atomic E-state index is 13.7. The van der Waals surface area contributed by atoms with Gasteiger partial charge in [-0.25, -0.2) is 4.39 Å². The number of halogens is 1. The van der Waals surface area contributed by atoms with E-state index in [0.717, 1.165) is 18.4 Å². The first-order chi connectivity index (χ1) is 10.1. The number of benzene rings is 2. The van der Waals surface area contributed by atoms with Crippen molar-refractivity contribution in [3.05, 3.63) is 71.0 Å². The van der Waals surface area contributed by atoms with Gasteiger partial charge in [0.05, 0.1) is 5.60 Å². The Balaban J connectivity index is 1.76. The summed E-state index contributed by atoms with van der Waals surface area (Å²) in [6.07, 6.45) is 3.26. The summed E-state index contributed by atoms with van der Waals surface area (Å²) in [5.41, 5.74) is 1.81. The van der Waals surface area contributed by atoms with E-state index in [-0.39, 0.29) is 5.82 Å². The number of aryl methyl sites for hydroxylation is 1. The van der Waals surface area contributed by atoms with Gasteiger partial charge in [0.15, 0.2) is 0 Å².